The second-order valence-corrected chi connectivity index (χ2v) is 8.56. The number of carbonyl (C=O) groups is 1. The second-order valence-electron chi connectivity index (χ2n) is 8.56. The highest BCUT2D eigenvalue weighted by atomic mass is 16.2. The molecule has 0 aliphatic carbocycles. The molecule has 4 nitrogen and oxygen atoms in total. The lowest BCUT2D eigenvalue weighted by atomic mass is 9.96. The van der Waals surface area contributed by atoms with Crippen LogP contribution in [0.5, 0.6) is 0 Å². The molecule has 0 spiro atoms. The van der Waals surface area contributed by atoms with Crippen molar-refractivity contribution >= 4 is 11.6 Å². The number of benzene rings is 1. The lowest BCUT2D eigenvalue weighted by Gasteiger charge is -2.23. The lowest BCUT2D eigenvalue weighted by Crippen LogP contribution is -2.31. The average molecular weight is 332 g/mol. The number of nitrogens with zero attached hydrogens (tertiary/aromatic N) is 2. The molecule has 1 aromatic rings. The molecule has 1 N–H and O–H groups in total. The van der Waals surface area contributed by atoms with Crippen molar-refractivity contribution < 1.29 is 4.79 Å². The predicted molar refractivity (Wildman–Crippen MR) is 102 cm³/mol. The fourth-order valence-electron chi connectivity index (χ4n) is 3.27. The quantitative estimate of drug-likeness (QED) is 0.897. The first-order valence-corrected chi connectivity index (χ1v) is 8.95. The molecular weight excluding hydrogens is 298 g/mol. The summed E-state index contributed by atoms with van der Waals surface area (Å²) in [4.78, 5) is 17.2. The van der Waals surface area contributed by atoms with Gasteiger partial charge in [-0.3, -0.25) is 4.79 Å². The van der Waals surface area contributed by atoms with Crippen LogP contribution in [0.4, 0.5) is 5.69 Å². The minimum absolute atomic E-state index is 0.174. The monoisotopic (exact) mass is 331 g/mol. The van der Waals surface area contributed by atoms with Gasteiger partial charge in [0.05, 0.1) is 0 Å². The van der Waals surface area contributed by atoms with Crippen molar-refractivity contribution in [1.29, 1.82) is 0 Å². The van der Waals surface area contributed by atoms with E-state index in [2.05, 4.69) is 51.1 Å². The van der Waals surface area contributed by atoms with Gasteiger partial charge >= 0.3 is 0 Å². The van der Waals surface area contributed by atoms with Crippen LogP contribution in [0.3, 0.4) is 0 Å². The van der Waals surface area contributed by atoms with E-state index in [4.69, 9.17) is 0 Å². The predicted octanol–water partition coefficient (Wildman–Crippen LogP) is 3.48. The van der Waals surface area contributed by atoms with Crippen LogP contribution < -0.4 is 5.32 Å². The van der Waals surface area contributed by atoms with Crippen LogP contribution in [0.15, 0.2) is 18.2 Å². The van der Waals surface area contributed by atoms with Gasteiger partial charge in [-0.15, -0.1) is 0 Å². The maximum atomic E-state index is 12.9. The summed E-state index contributed by atoms with van der Waals surface area (Å²) in [5.74, 6) is 0.764. The molecule has 1 amide bonds. The number of likely N-dealkylation sites (tertiary alicyclic amines) is 1. The van der Waals surface area contributed by atoms with Gasteiger partial charge in [0.25, 0.3) is 5.91 Å². The van der Waals surface area contributed by atoms with E-state index < -0.39 is 0 Å². The highest BCUT2D eigenvalue weighted by molar-refractivity contribution is 5.97. The van der Waals surface area contributed by atoms with E-state index in [9.17, 15) is 4.79 Å². The summed E-state index contributed by atoms with van der Waals surface area (Å²) in [6, 6.07) is 6.01. The Kier molecular flexibility index (Phi) is 5.92. The van der Waals surface area contributed by atoms with E-state index in [-0.39, 0.29) is 11.3 Å². The number of anilines is 1. The summed E-state index contributed by atoms with van der Waals surface area (Å²) >= 11 is 0. The second kappa shape index (κ2) is 7.56. The average Bonchev–Trinajstić information content (AvgIpc) is 2.92. The van der Waals surface area contributed by atoms with E-state index in [0.717, 1.165) is 49.4 Å². The SMILES string of the molecule is Cc1c(NCC(C)(C)C)cccc1C(=O)N1CCC(CN(C)C)C1. The van der Waals surface area contributed by atoms with Gasteiger partial charge in [-0.1, -0.05) is 26.8 Å². The van der Waals surface area contributed by atoms with Crippen LogP contribution in [0.2, 0.25) is 0 Å². The Balaban J connectivity index is 2.07. The van der Waals surface area contributed by atoms with Gasteiger partial charge < -0.3 is 15.1 Å². The fourth-order valence-corrected chi connectivity index (χ4v) is 3.27. The summed E-state index contributed by atoms with van der Waals surface area (Å²) in [6.45, 7) is 12.4. The highest BCUT2D eigenvalue weighted by Gasteiger charge is 2.28. The molecular formula is C20H33N3O. The molecule has 1 aliphatic rings. The summed E-state index contributed by atoms with van der Waals surface area (Å²) in [5.41, 5.74) is 3.17. The number of hydrogen-bond acceptors (Lipinski definition) is 3. The Morgan fingerprint density at radius 3 is 2.67 bits per heavy atom. The maximum absolute atomic E-state index is 12.9. The molecule has 24 heavy (non-hydrogen) atoms. The van der Waals surface area contributed by atoms with Gasteiger partial charge in [-0.2, -0.15) is 0 Å². The molecule has 0 radical (unpaired) electrons. The summed E-state index contributed by atoms with van der Waals surface area (Å²) in [5, 5.41) is 3.50. The summed E-state index contributed by atoms with van der Waals surface area (Å²) in [7, 11) is 4.19. The van der Waals surface area contributed by atoms with E-state index in [1.807, 2.05) is 24.0 Å². The molecule has 1 saturated heterocycles. The Bertz CT molecular complexity index is 575. The first kappa shape index (κ1) is 18.8. The van der Waals surface area contributed by atoms with Gasteiger partial charge in [-0.05, 0) is 56.5 Å². The molecule has 1 aliphatic heterocycles. The van der Waals surface area contributed by atoms with Gasteiger partial charge in [-0.25, -0.2) is 0 Å². The smallest absolute Gasteiger partial charge is 0.254 e. The zero-order valence-corrected chi connectivity index (χ0v) is 16.1. The van der Waals surface area contributed by atoms with E-state index in [1.54, 1.807) is 0 Å². The maximum Gasteiger partial charge on any atom is 0.254 e. The normalized spacial score (nSPS) is 18.3. The Labute approximate surface area is 147 Å². The fraction of sp³-hybridized carbons (Fsp3) is 0.650. The summed E-state index contributed by atoms with van der Waals surface area (Å²) < 4.78 is 0. The molecule has 0 aromatic heterocycles. The molecule has 2 rings (SSSR count). The van der Waals surface area contributed by atoms with Crippen LogP contribution in [-0.2, 0) is 0 Å². The van der Waals surface area contributed by atoms with Gasteiger partial charge in [0.15, 0.2) is 0 Å². The first-order valence-electron chi connectivity index (χ1n) is 8.95. The first-order chi connectivity index (χ1) is 11.2. The number of amides is 1. The third-order valence-corrected chi connectivity index (χ3v) is 4.57. The third kappa shape index (κ3) is 4.97. The highest BCUT2D eigenvalue weighted by Crippen LogP contribution is 2.25. The molecule has 1 fully saturated rings. The number of nitrogens with one attached hydrogen (secondary N) is 1. The minimum atomic E-state index is 0.174. The Morgan fingerprint density at radius 1 is 1.33 bits per heavy atom. The van der Waals surface area contributed by atoms with Crippen LogP contribution in [-0.4, -0.2) is 56.0 Å². The van der Waals surface area contributed by atoms with Crippen LogP contribution in [0, 0.1) is 18.3 Å². The Morgan fingerprint density at radius 2 is 2.04 bits per heavy atom. The molecule has 4 heteroatoms. The molecule has 1 atom stereocenters. The topological polar surface area (TPSA) is 35.6 Å². The molecule has 0 bridgehead atoms. The molecule has 0 saturated carbocycles. The van der Waals surface area contributed by atoms with Crippen molar-refractivity contribution in [2.45, 2.75) is 34.1 Å². The van der Waals surface area contributed by atoms with Crippen molar-refractivity contribution in [3.63, 3.8) is 0 Å². The number of carbonyl (C=O) groups excluding carboxylic acids is 1. The van der Waals surface area contributed by atoms with Crippen molar-refractivity contribution in [2.24, 2.45) is 11.3 Å². The van der Waals surface area contributed by atoms with Crippen molar-refractivity contribution in [3.05, 3.63) is 29.3 Å². The van der Waals surface area contributed by atoms with Gasteiger partial charge in [0, 0.05) is 37.4 Å². The number of hydrogen-bond donors (Lipinski definition) is 1. The summed E-state index contributed by atoms with van der Waals surface area (Å²) in [6.07, 6.45) is 1.10. The Hall–Kier alpha value is -1.55. The van der Waals surface area contributed by atoms with Crippen LogP contribution >= 0.6 is 0 Å². The van der Waals surface area contributed by atoms with Crippen LogP contribution in [0.1, 0.15) is 43.1 Å². The molecule has 1 heterocycles. The standard InChI is InChI=1S/C20H33N3O/c1-15-17(8-7-9-18(15)21-14-20(2,3)4)19(24)23-11-10-16(13-23)12-22(5)6/h7-9,16,21H,10-14H2,1-6H3. The zero-order chi connectivity index (χ0) is 17.9. The van der Waals surface area contributed by atoms with E-state index in [0.29, 0.717) is 5.92 Å². The van der Waals surface area contributed by atoms with Crippen molar-refractivity contribution in [3.8, 4) is 0 Å². The largest absolute Gasteiger partial charge is 0.384 e. The molecule has 1 aromatic carbocycles. The third-order valence-electron chi connectivity index (χ3n) is 4.57. The molecule has 134 valence electrons. The van der Waals surface area contributed by atoms with Gasteiger partial charge in [0.2, 0.25) is 0 Å². The van der Waals surface area contributed by atoms with E-state index in [1.165, 1.54) is 0 Å². The minimum Gasteiger partial charge on any atom is -0.384 e. The zero-order valence-electron chi connectivity index (χ0n) is 16.1. The van der Waals surface area contributed by atoms with E-state index >= 15 is 0 Å². The van der Waals surface area contributed by atoms with Gasteiger partial charge in [0.1, 0.15) is 0 Å². The lowest BCUT2D eigenvalue weighted by molar-refractivity contribution is 0.0784. The van der Waals surface area contributed by atoms with Crippen LogP contribution in [0.25, 0.3) is 0 Å². The number of rotatable bonds is 5. The van der Waals surface area contributed by atoms with Crippen molar-refractivity contribution in [1.82, 2.24) is 9.80 Å². The van der Waals surface area contributed by atoms with Crippen molar-refractivity contribution in [2.75, 3.05) is 45.6 Å². The molecule has 1 unspecified atom stereocenters.